The van der Waals surface area contributed by atoms with Gasteiger partial charge in [-0.25, -0.2) is 19.1 Å². The molecule has 0 aliphatic carbocycles. The number of thiazole rings is 1. The number of nitrogens with two attached hydrogens (primary N) is 1. The first-order valence-corrected chi connectivity index (χ1v) is 13.0. The molecule has 2 aliphatic rings. The normalized spacial score (nSPS) is 19.7. The van der Waals surface area contributed by atoms with Gasteiger partial charge in [-0.3, -0.25) is 14.5 Å². The lowest BCUT2D eigenvalue weighted by atomic mass is 10.0. The maximum atomic E-state index is 12.9. The van der Waals surface area contributed by atoms with Gasteiger partial charge in [0.2, 0.25) is 0 Å². The number of aryl methyl sites for hydroxylation is 1. The summed E-state index contributed by atoms with van der Waals surface area (Å²) < 4.78 is 1.89. The number of rotatable bonds is 8. The van der Waals surface area contributed by atoms with Gasteiger partial charge in [0.1, 0.15) is 24.2 Å². The molecule has 1 unspecified atom stereocenters. The van der Waals surface area contributed by atoms with Crippen molar-refractivity contribution in [2.45, 2.75) is 16.3 Å². The van der Waals surface area contributed by atoms with Gasteiger partial charge in [0.25, 0.3) is 11.8 Å². The number of carboxylic acid groups (broad SMARTS) is 2. The number of fused-ring (bicyclic) bond motifs is 1. The molecule has 0 saturated carbocycles. The maximum absolute atomic E-state index is 12.9. The average molecular weight is 535 g/mol. The Morgan fingerprint density at radius 2 is 2.06 bits per heavy atom. The zero-order chi connectivity index (χ0) is 25.3. The fourth-order valence-corrected chi connectivity index (χ4v) is 6.49. The zero-order valence-electron chi connectivity index (χ0n) is 18.2. The molecular weight excluding hydrogens is 514 g/mol. The SMILES string of the molecule is C[n+]1ccc(SCC2=C(C(=O)O)N3C(=O)C(NC(=O)C(=CC(=O)O)c4csc(N)n4)[C@H]3SC2)cc1. The molecule has 0 aromatic carbocycles. The summed E-state index contributed by atoms with van der Waals surface area (Å²) in [6.45, 7) is 0. The van der Waals surface area contributed by atoms with E-state index in [0.717, 1.165) is 16.2 Å². The van der Waals surface area contributed by atoms with E-state index >= 15 is 0 Å². The minimum Gasteiger partial charge on any atom is -0.478 e. The third kappa shape index (κ3) is 5.18. The maximum Gasteiger partial charge on any atom is 0.352 e. The second-order valence-electron chi connectivity index (χ2n) is 7.57. The Hall–Kier alpha value is -3.36. The average Bonchev–Trinajstić information content (AvgIpc) is 3.25. The van der Waals surface area contributed by atoms with Gasteiger partial charge in [-0.15, -0.1) is 34.9 Å². The topological polar surface area (TPSA) is 167 Å². The van der Waals surface area contributed by atoms with Crippen molar-refractivity contribution < 1.29 is 34.0 Å². The Labute approximate surface area is 211 Å². The number of carbonyl (C=O) groups excluding carboxylic acids is 2. The number of hydrogen-bond donors (Lipinski definition) is 4. The van der Waals surface area contributed by atoms with E-state index in [1.165, 1.54) is 33.8 Å². The van der Waals surface area contributed by atoms with Gasteiger partial charge in [-0.05, 0) is 5.57 Å². The molecule has 2 aromatic heterocycles. The molecule has 2 atom stereocenters. The van der Waals surface area contributed by atoms with Gasteiger partial charge < -0.3 is 21.3 Å². The Bertz CT molecular complexity index is 1270. The number of hydrogen-bond acceptors (Lipinski definition) is 9. The van der Waals surface area contributed by atoms with Crippen LogP contribution in [-0.2, 0) is 26.2 Å². The van der Waals surface area contributed by atoms with Crippen molar-refractivity contribution in [3.8, 4) is 0 Å². The number of thioether (sulfide) groups is 2. The Morgan fingerprint density at radius 3 is 2.66 bits per heavy atom. The molecule has 0 radical (unpaired) electrons. The first-order valence-electron chi connectivity index (χ1n) is 10.1. The van der Waals surface area contributed by atoms with Crippen molar-refractivity contribution >= 4 is 69.3 Å². The number of nitrogens with one attached hydrogen (secondary N) is 1. The highest BCUT2D eigenvalue weighted by molar-refractivity contribution is 8.01. The van der Waals surface area contributed by atoms with Gasteiger partial charge in [0.15, 0.2) is 17.5 Å². The number of nitrogen functional groups attached to an aromatic ring is 1. The quantitative estimate of drug-likeness (QED) is 0.162. The van der Waals surface area contributed by atoms with Crippen molar-refractivity contribution in [3.05, 3.63) is 52.9 Å². The van der Waals surface area contributed by atoms with E-state index in [1.54, 1.807) is 0 Å². The summed E-state index contributed by atoms with van der Waals surface area (Å²) in [5.41, 5.74) is 5.95. The van der Waals surface area contributed by atoms with Crippen molar-refractivity contribution in [1.82, 2.24) is 15.2 Å². The minimum absolute atomic E-state index is 0.0762. The van der Waals surface area contributed by atoms with Crippen LogP contribution in [0.4, 0.5) is 5.13 Å². The number of carbonyl (C=O) groups is 4. The van der Waals surface area contributed by atoms with Crippen LogP contribution in [0.25, 0.3) is 5.57 Å². The van der Waals surface area contributed by atoms with E-state index in [2.05, 4.69) is 10.3 Å². The number of aliphatic carboxylic acids is 2. The van der Waals surface area contributed by atoms with Crippen LogP contribution in [0.5, 0.6) is 0 Å². The molecular formula is C21H20N5O6S3+. The van der Waals surface area contributed by atoms with Crippen LogP contribution in [0.2, 0.25) is 0 Å². The number of nitrogens with zero attached hydrogens (tertiary/aromatic N) is 3. The second kappa shape index (κ2) is 10.1. The molecule has 5 N–H and O–H groups in total. The molecule has 4 rings (SSSR count). The number of pyridine rings is 1. The molecule has 0 bridgehead atoms. The third-order valence-electron chi connectivity index (χ3n) is 5.21. The van der Waals surface area contributed by atoms with Crippen LogP contribution in [0.3, 0.4) is 0 Å². The summed E-state index contributed by atoms with van der Waals surface area (Å²) >= 11 is 3.85. The molecule has 2 amide bonds. The molecule has 35 heavy (non-hydrogen) atoms. The first kappa shape index (κ1) is 24.8. The Kier molecular flexibility index (Phi) is 7.14. The smallest absolute Gasteiger partial charge is 0.352 e. The number of carboxylic acids is 2. The van der Waals surface area contributed by atoms with E-state index < -0.39 is 35.2 Å². The fraction of sp³-hybridized carbons (Fsp3) is 0.238. The second-order valence-corrected chi connectivity index (χ2v) is 10.6. The number of amides is 2. The number of aromatic nitrogens is 2. The van der Waals surface area contributed by atoms with Crippen LogP contribution in [0.15, 0.2) is 52.1 Å². The molecule has 11 nitrogen and oxygen atoms in total. The molecule has 1 saturated heterocycles. The first-order chi connectivity index (χ1) is 16.7. The molecule has 2 aliphatic heterocycles. The lowest BCUT2D eigenvalue weighted by Crippen LogP contribution is -2.70. The summed E-state index contributed by atoms with van der Waals surface area (Å²) in [7, 11) is 1.90. The van der Waals surface area contributed by atoms with Crippen molar-refractivity contribution in [2.24, 2.45) is 7.05 Å². The summed E-state index contributed by atoms with van der Waals surface area (Å²) in [5.74, 6) is -3.19. The van der Waals surface area contributed by atoms with Gasteiger partial charge in [0.05, 0.1) is 11.3 Å². The van der Waals surface area contributed by atoms with Gasteiger partial charge in [0, 0.05) is 40.0 Å². The number of β-lactam (4-membered cyclic amide) rings is 1. The van der Waals surface area contributed by atoms with E-state index in [-0.39, 0.29) is 22.1 Å². The summed E-state index contributed by atoms with van der Waals surface area (Å²) in [6, 6.07) is 2.84. The largest absolute Gasteiger partial charge is 0.478 e. The van der Waals surface area contributed by atoms with Crippen LogP contribution in [-0.4, -0.2) is 66.8 Å². The molecule has 2 aromatic rings. The predicted molar refractivity (Wildman–Crippen MR) is 130 cm³/mol. The van der Waals surface area contributed by atoms with E-state index in [9.17, 15) is 24.3 Å². The van der Waals surface area contributed by atoms with Crippen LogP contribution in [0.1, 0.15) is 5.69 Å². The highest BCUT2D eigenvalue weighted by atomic mass is 32.2. The van der Waals surface area contributed by atoms with Gasteiger partial charge in [-0.1, -0.05) is 0 Å². The highest BCUT2D eigenvalue weighted by Gasteiger charge is 2.54. The summed E-state index contributed by atoms with van der Waals surface area (Å²) in [4.78, 5) is 55.1. The number of anilines is 1. The zero-order valence-corrected chi connectivity index (χ0v) is 20.7. The Balaban J connectivity index is 1.50. The van der Waals surface area contributed by atoms with E-state index in [1.807, 2.05) is 36.1 Å². The van der Waals surface area contributed by atoms with Gasteiger partial charge >= 0.3 is 11.9 Å². The minimum atomic E-state index is -1.36. The summed E-state index contributed by atoms with van der Waals surface area (Å²) in [6.07, 6.45) is 4.47. The predicted octanol–water partition coefficient (Wildman–Crippen LogP) is 0.549. The fourth-order valence-electron chi connectivity index (χ4n) is 3.56. The monoisotopic (exact) mass is 534 g/mol. The Morgan fingerprint density at radius 1 is 1.34 bits per heavy atom. The molecule has 14 heteroatoms. The lowest BCUT2D eigenvalue weighted by Gasteiger charge is -2.49. The van der Waals surface area contributed by atoms with Crippen molar-refractivity contribution in [3.63, 3.8) is 0 Å². The third-order valence-corrected chi connectivity index (χ3v) is 8.32. The van der Waals surface area contributed by atoms with E-state index in [0.29, 0.717) is 23.2 Å². The van der Waals surface area contributed by atoms with Crippen LogP contribution < -0.4 is 15.6 Å². The van der Waals surface area contributed by atoms with Crippen LogP contribution >= 0.6 is 34.9 Å². The molecule has 4 heterocycles. The van der Waals surface area contributed by atoms with E-state index in [4.69, 9.17) is 10.8 Å². The molecule has 1 fully saturated rings. The summed E-state index contributed by atoms with van der Waals surface area (Å²) in [5, 5.41) is 22.5. The standard InChI is InChI=1S/C21H19N5O6S3/c1-25-4-2-11(3-5-25)33-7-10-8-34-19-15(18(30)26(19)16(10)20(31)32)24-17(29)12(6-14(27)28)13-9-35-21(22)23-13/h2-6,9,15,19H,7-8H2,1H3,(H4-,22,23,24,27,28,29,31,32)/p+1/t15?,19-/m1/s1. The van der Waals surface area contributed by atoms with Gasteiger partial charge in [-0.2, -0.15) is 0 Å². The lowest BCUT2D eigenvalue weighted by molar-refractivity contribution is -0.671. The molecule has 182 valence electrons. The molecule has 0 spiro atoms. The highest BCUT2D eigenvalue weighted by Crippen LogP contribution is 2.41. The van der Waals surface area contributed by atoms with Crippen molar-refractivity contribution in [2.75, 3.05) is 17.2 Å². The van der Waals surface area contributed by atoms with Crippen molar-refractivity contribution in [1.29, 1.82) is 0 Å². The van der Waals surface area contributed by atoms with Crippen LogP contribution in [0, 0.1) is 0 Å².